The molecule has 1 saturated heterocycles. The first-order chi connectivity index (χ1) is 8.08. The van der Waals surface area contributed by atoms with E-state index in [1.54, 1.807) is 21.1 Å². The smallest absolute Gasteiger partial charge is 0.159 e. The van der Waals surface area contributed by atoms with Crippen LogP contribution in [-0.4, -0.2) is 65.4 Å². The van der Waals surface area contributed by atoms with E-state index in [0.717, 1.165) is 5.17 Å². The van der Waals surface area contributed by atoms with E-state index >= 15 is 0 Å². The van der Waals surface area contributed by atoms with Gasteiger partial charge in [0.25, 0.3) is 0 Å². The van der Waals surface area contributed by atoms with Gasteiger partial charge < -0.3 is 25.0 Å². The molecule has 2 aliphatic heterocycles. The van der Waals surface area contributed by atoms with E-state index in [1.165, 1.54) is 11.8 Å². The fourth-order valence-electron chi connectivity index (χ4n) is 2.03. The third-order valence-corrected chi connectivity index (χ3v) is 4.30. The maximum Gasteiger partial charge on any atom is 0.159 e. The zero-order valence-corrected chi connectivity index (χ0v) is 10.8. The van der Waals surface area contributed by atoms with Crippen LogP contribution in [0.2, 0.25) is 0 Å². The highest BCUT2D eigenvalue weighted by atomic mass is 32.2. The number of thioether (sulfide) groups is 1. The van der Waals surface area contributed by atoms with Crippen LogP contribution in [0.4, 0.5) is 0 Å². The number of aliphatic imine (C=N–C) groups is 1. The summed E-state index contributed by atoms with van der Waals surface area (Å²) < 4.78 is 10.9. The number of ether oxygens (including phenoxy) is 2. The summed E-state index contributed by atoms with van der Waals surface area (Å²) in [5.41, 5.74) is -0.265. The minimum atomic E-state index is -0.980. The second-order valence-electron chi connectivity index (χ2n) is 4.18. The van der Waals surface area contributed by atoms with E-state index < -0.39 is 24.4 Å². The molecule has 7 heteroatoms. The zero-order chi connectivity index (χ0) is 12.6. The van der Waals surface area contributed by atoms with Crippen LogP contribution in [0.3, 0.4) is 0 Å². The number of rotatable bonds is 2. The topological polar surface area (TPSA) is 83.3 Å². The van der Waals surface area contributed by atoms with Crippen LogP contribution < -0.4 is 5.32 Å². The summed E-state index contributed by atoms with van der Waals surface area (Å²) in [5, 5.41) is 23.7. The number of hydrogen-bond donors (Lipinski definition) is 3. The third-order valence-electron chi connectivity index (χ3n) is 3.15. The number of aliphatic hydroxyl groups is 2. The fourth-order valence-corrected chi connectivity index (χ4v) is 3.10. The molecule has 6 atom stereocenters. The van der Waals surface area contributed by atoms with Crippen LogP contribution >= 0.6 is 11.8 Å². The van der Waals surface area contributed by atoms with Gasteiger partial charge in [-0.15, -0.1) is 0 Å². The molecule has 0 amide bonds. The molecule has 0 radical (unpaired) electrons. The van der Waals surface area contributed by atoms with Gasteiger partial charge in [-0.3, -0.25) is 4.99 Å². The number of hydrogen-bond acceptors (Lipinski definition) is 7. The second kappa shape index (κ2) is 5.11. The molecule has 0 aromatic rings. The summed E-state index contributed by atoms with van der Waals surface area (Å²) in [7, 11) is 3.32. The molecule has 6 nitrogen and oxygen atoms in total. The Labute approximate surface area is 104 Å². The quantitative estimate of drug-likeness (QED) is 0.602. The monoisotopic (exact) mass is 262 g/mol. The number of nitrogens with one attached hydrogen (secondary N) is 1. The SMILES string of the molecule is CNC1=N[C@@H]2[C@@H](O)[C@H](O)[C@@H]([C@H](C)OC)O[C@@H]2S1. The summed E-state index contributed by atoms with van der Waals surface area (Å²) in [5.74, 6) is 0. The molecule has 0 aliphatic carbocycles. The van der Waals surface area contributed by atoms with Gasteiger partial charge in [-0.2, -0.15) is 0 Å². The van der Waals surface area contributed by atoms with Crippen LogP contribution in [0, 0.1) is 0 Å². The summed E-state index contributed by atoms with van der Waals surface area (Å²) in [6.07, 6.45) is -2.71. The molecule has 98 valence electrons. The number of nitrogens with zero attached hydrogens (tertiary/aromatic N) is 1. The van der Waals surface area contributed by atoms with Gasteiger partial charge in [0.1, 0.15) is 29.8 Å². The highest BCUT2D eigenvalue weighted by Gasteiger charge is 2.49. The van der Waals surface area contributed by atoms with Crippen LogP contribution in [-0.2, 0) is 9.47 Å². The molecule has 2 heterocycles. The highest BCUT2D eigenvalue weighted by molar-refractivity contribution is 8.14. The summed E-state index contributed by atoms with van der Waals surface area (Å²) in [6.45, 7) is 1.81. The van der Waals surface area contributed by atoms with Crippen molar-refractivity contribution < 1.29 is 19.7 Å². The molecular weight excluding hydrogens is 244 g/mol. The second-order valence-corrected chi connectivity index (χ2v) is 5.27. The molecule has 0 saturated carbocycles. The standard InChI is InChI=1S/C10H18N2O4S/c1-4(15-3)8-7(14)6(13)5-9(16-8)17-10(11-2)12-5/h4-9,13-14H,1-3H3,(H,11,12)/t4-,5+,6+,7-,8+,9+/m0/s1. The van der Waals surface area contributed by atoms with Crippen molar-refractivity contribution in [3.8, 4) is 0 Å². The lowest BCUT2D eigenvalue weighted by Crippen LogP contribution is -2.58. The molecule has 0 unspecified atom stereocenters. The Morgan fingerprint density at radius 3 is 2.76 bits per heavy atom. The predicted molar refractivity (Wildman–Crippen MR) is 65.0 cm³/mol. The van der Waals surface area contributed by atoms with Gasteiger partial charge in [-0.05, 0) is 6.92 Å². The van der Waals surface area contributed by atoms with Gasteiger partial charge in [0.2, 0.25) is 0 Å². The van der Waals surface area contributed by atoms with Gasteiger partial charge in [0.05, 0.1) is 6.10 Å². The molecule has 0 spiro atoms. The first-order valence-electron chi connectivity index (χ1n) is 5.55. The van der Waals surface area contributed by atoms with Gasteiger partial charge in [-0.25, -0.2) is 0 Å². The van der Waals surface area contributed by atoms with E-state index in [1.807, 2.05) is 0 Å². The Balaban J connectivity index is 2.12. The van der Waals surface area contributed by atoms with Crippen molar-refractivity contribution in [2.75, 3.05) is 14.2 Å². The molecule has 0 bridgehead atoms. The Kier molecular flexibility index (Phi) is 3.94. The normalized spacial score (nSPS) is 42.9. The highest BCUT2D eigenvalue weighted by Crippen LogP contribution is 2.36. The van der Waals surface area contributed by atoms with E-state index in [9.17, 15) is 10.2 Å². The van der Waals surface area contributed by atoms with Crippen LogP contribution in [0.5, 0.6) is 0 Å². The van der Waals surface area contributed by atoms with Crippen molar-refractivity contribution in [2.24, 2.45) is 4.99 Å². The maximum absolute atomic E-state index is 10.0. The summed E-state index contributed by atoms with van der Waals surface area (Å²) in [6, 6.07) is -0.419. The van der Waals surface area contributed by atoms with Crippen molar-refractivity contribution in [1.29, 1.82) is 0 Å². The zero-order valence-electron chi connectivity index (χ0n) is 10.0. The number of methoxy groups -OCH3 is 1. The van der Waals surface area contributed by atoms with Crippen LogP contribution in [0.15, 0.2) is 4.99 Å². The van der Waals surface area contributed by atoms with Gasteiger partial charge in [0.15, 0.2) is 5.17 Å². The molecule has 0 aromatic carbocycles. The fraction of sp³-hybridized carbons (Fsp3) is 0.900. The first-order valence-corrected chi connectivity index (χ1v) is 6.43. The average Bonchev–Trinajstić information content (AvgIpc) is 2.76. The molecule has 2 rings (SSSR count). The lowest BCUT2D eigenvalue weighted by Gasteiger charge is -2.40. The van der Waals surface area contributed by atoms with Crippen LogP contribution in [0.1, 0.15) is 6.92 Å². The van der Waals surface area contributed by atoms with Crippen molar-refractivity contribution >= 4 is 16.9 Å². The largest absolute Gasteiger partial charge is 0.388 e. The maximum atomic E-state index is 10.0. The van der Waals surface area contributed by atoms with Gasteiger partial charge >= 0.3 is 0 Å². The molecule has 1 fully saturated rings. The lowest BCUT2D eigenvalue weighted by atomic mass is 9.95. The number of fused-ring (bicyclic) bond motifs is 1. The average molecular weight is 262 g/mol. The third kappa shape index (κ3) is 2.30. The predicted octanol–water partition coefficient (Wildman–Crippen LogP) is -0.841. The Morgan fingerprint density at radius 2 is 2.18 bits per heavy atom. The molecule has 17 heavy (non-hydrogen) atoms. The Hall–Kier alpha value is -0.340. The van der Waals surface area contributed by atoms with Gasteiger partial charge in [-0.1, -0.05) is 11.8 Å². The number of aliphatic hydroxyl groups excluding tert-OH is 2. The Bertz CT molecular complexity index is 315. The summed E-state index contributed by atoms with van der Waals surface area (Å²) in [4.78, 5) is 4.27. The van der Waals surface area contributed by atoms with E-state index in [0.29, 0.717) is 0 Å². The lowest BCUT2D eigenvalue weighted by molar-refractivity contribution is -0.186. The molecular formula is C10H18N2O4S. The summed E-state index contributed by atoms with van der Waals surface area (Å²) >= 11 is 1.42. The van der Waals surface area contributed by atoms with Crippen molar-refractivity contribution in [1.82, 2.24) is 5.32 Å². The van der Waals surface area contributed by atoms with Gasteiger partial charge in [0, 0.05) is 14.2 Å². The minimum absolute atomic E-state index is 0.265. The van der Waals surface area contributed by atoms with Crippen molar-refractivity contribution in [3.63, 3.8) is 0 Å². The molecule has 0 aromatic heterocycles. The van der Waals surface area contributed by atoms with E-state index in [2.05, 4.69) is 10.3 Å². The first kappa shape index (κ1) is 13.1. The minimum Gasteiger partial charge on any atom is -0.388 e. The Morgan fingerprint density at radius 1 is 1.47 bits per heavy atom. The van der Waals surface area contributed by atoms with Crippen LogP contribution in [0.25, 0.3) is 0 Å². The molecule has 3 N–H and O–H groups in total. The molecule has 2 aliphatic rings. The number of amidine groups is 1. The van der Waals surface area contributed by atoms with Crippen molar-refractivity contribution in [2.45, 2.75) is 42.8 Å². The van der Waals surface area contributed by atoms with E-state index in [4.69, 9.17) is 9.47 Å². The van der Waals surface area contributed by atoms with E-state index in [-0.39, 0.29) is 11.5 Å². The van der Waals surface area contributed by atoms with Crippen molar-refractivity contribution in [3.05, 3.63) is 0 Å².